The van der Waals surface area contributed by atoms with Gasteiger partial charge in [0.1, 0.15) is 11.6 Å². The molecule has 0 bridgehead atoms. The molecule has 2 rings (SSSR count). The Morgan fingerprint density at radius 3 is 2.77 bits per heavy atom. The lowest BCUT2D eigenvalue weighted by molar-refractivity contribution is -0.116. The summed E-state index contributed by atoms with van der Waals surface area (Å²) < 4.78 is 19.2. The van der Waals surface area contributed by atoms with Crippen LogP contribution in [0, 0.1) is 5.82 Å². The second-order valence-corrected chi connectivity index (χ2v) is 6.41. The molecule has 0 atom stereocenters. The molecule has 0 unspecified atom stereocenters. The molecule has 2 amide bonds. The fourth-order valence-electron chi connectivity index (χ4n) is 2.16. The summed E-state index contributed by atoms with van der Waals surface area (Å²) in [6.45, 7) is 2.76. The first-order chi connectivity index (χ1) is 12.5. The van der Waals surface area contributed by atoms with E-state index < -0.39 is 11.7 Å². The van der Waals surface area contributed by atoms with Crippen LogP contribution in [-0.4, -0.2) is 25.0 Å². The van der Waals surface area contributed by atoms with Crippen LogP contribution in [0.3, 0.4) is 0 Å². The quantitative estimate of drug-likeness (QED) is 0.671. The number of hydrogen-bond donors (Lipinski definition) is 2. The van der Waals surface area contributed by atoms with Gasteiger partial charge in [0.15, 0.2) is 0 Å². The largest absolute Gasteiger partial charge is 0.494 e. The second kappa shape index (κ2) is 9.91. The van der Waals surface area contributed by atoms with Gasteiger partial charge in [-0.05, 0) is 52.7 Å². The predicted molar refractivity (Wildman–Crippen MR) is 102 cm³/mol. The van der Waals surface area contributed by atoms with Crippen LogP contribution < -0.4 is 15.4 Å². The number of hydrogen-bond acceptors (Lipinski definition) is 3. The third kappa shape index (κ3) is 6.15. The summed E-state index contributed by atoms with van der Waals surface area (Å²) >= 11 is 3.20. The highest BCUT2D eigenvalue weighted by Crippen LogP contribution is 2.18. The summed E-state index contributed by atoms with van der Waals surface area (Å²) in [7, 11) is 0. The van der Waals surface area contributed by atoms with Crippen molar-refractivity contribution < 1.29 is 18.7 Å². The first-order valence-electron chi connectivity index (χ1n) is 8.25. The number of halogens is 2. The topological polar surface area (TPSA) is 67.4 Å². The average molecular weight is 423 g/mol. The molecule has 0 aliphatic rings. The maximum absolute atomic E-state index is 13.2. The van der Waals surface area contributed by atoms with Gasteiger partial charge >= 0.3 is 0 Å². The summed E-state index contributed by atoms with van der Waals surface area (Å²) in [6, 6.07) is 11.0. The molecule has 5 nitrogen and oxygen atoms in total. The van der Waals surface area contributed by atoms with Gasteiger partial charge in [-0.3, -0.25) is 9.59 Å². The van der Waals surface area contributed by atoms with Gasteiger partial charge in [-0.15, -0.1) is 0 Å². The van der Waals surface area contributed by atoms with Crippen molar-refractivity contribution in [3.63, 3.8) is 0 Å². The van der Waals surface area contributed by atoms with Crippen molar-refractivity contribution >= 4 is 33.4 Å². The Kier molecular flexibility index (Phi) is 7.59. The third-order valence-electron chi connectivity index (χ3n) is 3.40. The lowest BCUT2D eigenvalue weighted by Gasteiger charge is -2.09. The normalized spacial score (nSPS) is 10.3. The molecule has 0 aromatic heterocycles. The van der Waals surface area contributed by atoms with Crippen molar-refractivity contribution in [2.45, 2.75) is 19.8 Å². The van der Waals surface area contributed by atoms with Crippen LogP contribution in [-0.2, 0) is 4.79 Å². The summed E-state index contributed by atoms with van der Waals surface area (Å²) in [5, 5.41) is 5.36. The van der Waals surface area contributed by atoms with E-state index in [9.17, 15) is 14.0 Å². The summed E-state index contributed by atoms with van der Waals surface area (Å²) in [5.74, 6) is -0.495. The molecule has 0 saturated carbocycles. The third-order valence-corrected chi connectivity index (χ3v) is 4.09. The summed E-state index contributed by atoms with van der Waals surface area (Å²) in [4.78, 5) is 24.1. The van der Waals surface area contributed by atoms with E-state index in [2.05, 4.69) is 26.6 Å². The molecule has 0 heterocycles. The number of amides is 2. The minimum Gasteiger partial charge on any atom is -0.494 e. The lowest BCUT2D eigenvalue weighted by atomic mass is 10.2. The molecular weight excluding hydrogens is 403 g/mol. The van der Waals surface area contributed by atoms with Crippen LogP contribution >= 0.6 is 15.9 Å². The first kappa shape index (κ1) is 19.9. The van der Waals surface area contributed by atoms with Gasteiger partial charge in [-0.1, -0.05) is 13.0 Å². The summed E-state index contributed by atoms with van der Waals surface area (Å²) in [6.07, 6.45) is 0.996. The number of benzene rings is 2. The Hall–Kier alpha value is -2.41. The SMILES string of the molecule is CCCOc1cccc(NC(=O)CCNC(=O)c2cc(F)ccc2Br)c1. The minimum absolute atomic E-state index is 0.0960. The van der Waals surface area contributed by atoms with Crippen molar-refractivity contribution in [2.24, 2.45) is 0 Å². The van der Waals surface area contributed by atoms with Gasteiger partial charge in [0.25, 0.3) is 5.91 Å². The van der Waals surface area contributed by atoms with Crippen LogP contribution in [0.25, 0.3) is 0 Å². The zero-order valence-corrected chi connectivity index (χ0v) is 15.9. The molecule has 2 aromatic rings. The van der Waals surface area contributed by atoms with Crippen molar-refractivity contribution in [1.82, 2.24) is 5.32 Å². The Bertz CT molecular complexity index is 783. The number of carbonyl (C=O) groups is 2. The molecule has 0 spiro atoms. The van der Waals surface area contributed by atoms with Crippen LogP contribution in [0.5, 0.6) is 5.75 Å². The Balaban J connectivity index is 1.82. The van der Waals surface area contributed by atoms with Gasteiger partial charge in [-0.25, -0.2) is 4.39 Å². The van der Waals surface area contributed by atoms with E-state index in [1.165, 1.54) is 12.1 Å². The molecule has 0 fully saturated rings. The number of carbonyl (C=O) groups excluding carboxylic acids is 2. The molecular formula is C19H20BrFN2O3. The summed E-state index contributed by atoms with van der Waals surface area (Å²) in [5.41, 5.74) is 0.814. The van der Waals surface area contributed by atoms with E-state index >= 15 is 0 Å². The van der Waals surface area contributed by atoms with Crippen LogP contribution in [0.15, 0.2) is 46.9 Å². The highest BCUT2D eigenvalue weighted by Gasteiger charge is 2.11. The van der Waals surface area contributed by atoms with E-state index in [1.807, 2.05) is 13.0 Å². The van der Waals surface area contributed by atoms with Crippen molar-refractivity contribution in [1.29, 1.82) is 0 Å². The van der Waals surface area contributed by atoms with E-state index in [-0.39, 0.29) is 24.4 Å². The number of nitrogens with one attached hydrogen (secondary N) is 2. The maximum Gasteiger partial charge on any atom is 0.252 e. The first-order valence-corrected chi connectivity index (χ1v) is 9.05. The van der Waals surface area contributed by atoms with Gasteiger partial charge in [-0.2, -0.15) is 0 Å². The molecule has 2 aromatic carbocycles. The lowest BCUT2D eigenvalue weighted by Crippen LogP contribution is -2.28. The zero-order valence-electron chi connectivity index (χ0n) is 14.4. The molecule has 138 valence electrons. The van der Waals surface area contributed by atoms with Crippen molar-refractivity contribution in [2.75, 3.05) is 18.5 Å². The van der Waals surface area contributed by atoms with Crippen LogP contribution in [0.1, 0.15) is 30.1 Å². The molecule has 0 radical (unpaired) electrons. The fourth-order valence-corrected chi connectivity index (χ4v) is 2.59. The highest BCUT2D eigenvalue weighted by atomic mass is 79.9. The Labute approximate surface area is 160 Å². The second-order valence-electron chi connectivity index (χ2n) is 5.55. The monoisotopic (exact) mass is 422 g/mol. The fraction of sp³-hybridized carbons (Fsp3) is 0.263. The van der Waals surface area contributed by atoms with E-state index in [0.29, 0.717) is 22.5 Å². The Morgan fingerprint density at radius 2 is 2.00 bits per heavy atom. The van der Waals surface area contributed by atoms with Gasteiger partial charge in [0.2, 0.25) is 5.91 Å². The molecule has 0 aliphatic carbocycles. The average Bonchev–Trinajstić information content (AvgIpc) is 2.62. The predicted octanol–water partition coefficient (Wildman–Crippen LogP) is 4.14. The highest BCUT2D eigenvalue weighted by molar-refractivity contribution is 9.10. The minimum atomic E-state index is -0.499. The number of rotatable bonds is 8. The standard InChI is InChI=1S/C19H20BrFN2O3/c1-2-10-26-15-5-3-4-14(12-15)23-18(24)8-9-22-19(25)16-11-13(21)6-7-17(16)20/h3-7,11-12H,2,8-10H2,1H3,(H,22,25)(H,23,24). The Morgan fingerprint density at radius 1 is 1.19 bits per heavy atom. The number of ether oxygens (including phenoxy) is 1. The molecule has 2 N–H and O–H groups in total. The van der Waals surface area contributed by atoms with Crippen molar-refractivity contribution in [3.05, 3.63) is 58.3 Å². The molecule has 7 heteroatoms. The van der Waals surface area contributed by atoms with Crippen LogP contribution in [0.4, 0.5) is 10.1 Å². The van der Waals surface area contributed by atoms with Gasteiger partial charge in [0.05, 0.1) is 12.2 Å². The van der Waals surface area contributed by atoms with Gasteiger partial charge in [0, 0.05) is 29.2 Å². The number of anilines is 1. The van der Waals surface area contributed by atoms with Crippen molar-refractivity contribution in [3.8, 4) is 5.75 Å². The smallest absolute Gasteiger partial charge is 0.252 e. The zero-order chi connectivity index (χ0) is 18.9. The van der Waals surface area contributed by atoms with E-state index in [4.69, 9.17) is 4.74 Å². The molecule has 26 heavy (non-hydrogen) atoms. The maximum atomic E-state index is 13.2. The van der Waals surface area contributed by atoms with E-state index in [1.54, 1.807) is 18.2 Å². The molecule has 0 aliphatic heterocycles. The molecule has 0 saturated heterocycles. The van der Waals surface area contributed by atoms with E-state index in [0.717, 1.165) is 12.5 Å². The van der Waals surface area contributed by atoms with Crippen LogP contribution in [0.2, 0.25) is 0 Å². The van der Waals surface area contributed by atoms with Gasteiger partial charge < -0.3 is 15.4 Å².